The molecule has 1 fully saturated rings. The van der Waals surface area contributed by atoms with Crippen molar-refractivity contribution in [2.75, 3.05) is 25.0 Å². The predicted octanol–water partition coefficient (Wildman–Crippen LogP) is 1.21. The molecule has 8 nitrogen and oxygen atoms in total. The molecule has 0 unspecified atom stereocenters. The van der Waals surface area contributed by atoms with E-state index in [2.05, 4.69) is 20.4 Å². The molecule has 124 valence electrons. The molecule has 23 heavy (non-hydrogen) atoms. The monoisotopic (exact) mass is 337 g/mol. The zero-order chi connectivity index (χ0) is 16.3. The number of nitrogens with zero attached hydrogens (tertiary/aromatic N) is 4. The van der Waals surface area contributed by atoms with Gasteiger partial charge in [0.1, 0.15) is 10.7 Å². The van der Waals surface area contributed by atoms with Gasteiger partial charge >= 0.3 is 0 Å². The summed E-state index contributed by atoms with van der Waals surface area (Å²) in [6.45, 7) is 3.52. The molecule has 0 amide bonds. The highest BCUT2D eigenvalue weighted by molar-refractivity contribution is 7.89. The Bertz CT molecular complexity index is 751. The number of nitrogens with one attached hydrogen (secondary N) is 1. The van der Waals surface area contributed by atoms with Gasteiger partial charge in [-0.25, -0.2) is 13.4 Å². The van der Waals surface area contributed by atoms with Crippen molar-refractivity contribution >= 4 is 15.8 Å². The van der Waals surface area contributed by atoms with E-state index < -0.39 is 10.0 Å². The van der Waals surface area contributed by atoms with Crippen molar-refractivity contribution < 1.29 is 12.9 Å². The van der Waals surface area contributed by atoms with Crippen LogP contribution >= 0.6 is 0 Å². The molecule has 1 saturated heterocycles. The molecule has 0 bridgehead atoms. The summed E-state index contributed by atoms with van der Waals surface area (Å²) >= 11 is 0. The normalized spacial score (nSPS) is 15.9. The van der Waals surface area contributed by atoms with E-state index in [4.69, 9.17) is 4.52 Å². The first-order valence-corrected chi connectivity index (χ1v) is 8.99. The minimum absolute atomic E-state index is 0.234. The Balaban J connectivity index is 1.58. The lowest BCUT2D eigenvalue weighted by Gasteiger charge is -2.15. The minimum Gasteiger partial charge on any atom is -0.370 e. The maximum absolute atomic E-state index is 12.4. The Morgan fingerprint density at radius 2 is 2.09 bits per heavy atom. The van der Waals surface area contributed by atoms with Crippen molar-refractivity contribution in [3.8, 4) is 0 Å². The van der Waals surface area contributed by atoms with E-state index in [1.165, 1.54) is 10.5 Å². The van der Waals surface area contributed by atoms with Crippen LogP contribution in [0.25, 0.3) is 0 Å². The topological polar surface area (TPSA) is 101 Å². The summed E-state index contributed by atoms with van der Waals surface area (Å²) < 4.78 is 31.3. The third-order valence-electron chi connectivity index (χ3n) is 3.65. The van der Waals surface area contributed by atoms with Gasteiger partial charge in [-0.3, -0.25) is 0 Å². The summed E-state index contributed by atoms with van der Waals surface area (Å²) in [6.07, 6.45) is 3.81. The van der Waals surface area contributed by atoms with Crippen molar-refractivity contribution in [1.29, 1.82) is 0 Å². The number of hydrogen-bond donors (Lipinski definition) is 1. The van der Waals surface area contributed by atoms with Gasteiger partial charge in [0.05, 0.1) is 0 Å². The molecular formula is C14H19N5O3S. The highest BCUT2D eigenvalue weighted by atomic mass is 32.2. The summed E-state index contributed by atoms with van der Waals surface area (Å²) in [5.74, 6) is 1.78. The number of pyridine rings is 1. The molecule has 2 aromatic heterocycles. The van der Waals surface area contributed by atoms with Gasteiger partial charge in [-0.1, -0.05) is 5.16 Å². The number of rotatable bonds is 6. The molecule has 0 spiro atoms. The molecule has 9 heteroatoms. The van der Waals surface area contributed by atoms with Gasteiger partial charge in [-0.15, -0.1) is 0 Å². The van der Waals surface area contributed by atoms with Gasteiger partial charge in [0.25, 0.3) is 0 Å². The first kappa shape index (κ1) is 15.9. The Morgan fingerprint density at radius 3 is 2.70 bits per heavy atom. The van der Waals surface area contributed by atoms with Crippen LogP contribution in [0.5, 0.6) is 0 Å². The third-order valence-corrected chi connectivity index (χ3v) is 5.54. The Labute approximate surface area is 135 Å². The molecule has 3 heterocycles. The van der Waals surface area contributed by atoms with Gasteiger partial charge < -0.3 is 9.84 Å². The van der Waals surface area contributed by atoms with Crippen molar-refractivity contribution in [3.05, 3.63) is 30.0 Å². The second-order valence-corrected chi connectivity index (χ2v) is 7.34. The molecule has 3 rings (SSSR count). The fourth-order valence-electron chi connectivity index (χ4n) is 2.45. The summed E-state index contributed by atoms with van der Waals surface area (Å²) in [6, 6.07) is 3.25. The van der Waals surface area contributed by atoms with E-state index in [1.807, 2.05) is 0 Å². The smallest absolute Gasteiger partial charge is 0.244 e. The van der Waals surface area contributed by atoms with Crippen LogP contribution in [-0.4, -0.2) is 47.5 Å². The number of aryl methyl sites for hydroxylation is 1. The molecule has 0 radical (unpaired) electrons. The van der Waals surface area contributed by atoms with Gasteiger partial charge in [0.15, 0.2) is 5.82 Å². The summed E-state index contributed by atoms with van der Waals surface area (Å²) in [4.78, 5) is 8.51. The summed E-state index contributed by atoms with van der Waals surface area (Å²) in [7, 11) is -3.41. The fourth-order valence-corrected chi connectivity index (χ4v) is 3.92. The lowest BCUT2D eigenvalue weighted by molar-refractivity contribution is 0.377. The highest BCUT2D eigenvalue weighted by Gasteiger charge is 2.27. The molecule has 1 aliphatic rings. The Kier molecular flexibility index (Phi) is 4.58. The van der Waals surface area contributed by atoms with Gasteiger partial charge in [-0.05, 0) is 31.9 Å². The van der Waals surface area contributed by atoms with E-state index in [1.54, 1.807) is 19.1 Å². The van der Waals surface area contributed by atoms with Crippen LogP contribution in [0.4, 0.5) is 5.82 Å². The average molecular weight is 337 g/mol. The molecule has 0 atom stereocenters. The van der Waals surface area contributed by atoms with Crippen LogP contribution in [-0.2, 0) is 16.4 Å². The Morgan fingerprint density at radius 1 is 1.30 bits per heavy atom. The lowest BCUT2D eigenvalue weighted by atomic mass is 10.4. The fraction of sp³-hybridized carbons (Fsp3) is 0.500. The standard InChI is InChI=1S/C14H19N5O3S/c1-11-17-14(22-18-11)6-7-15-13-5-4-12(10-16-13)23(20,21)19-8-2-3-9-19/h4-5,10H,2-3,6-9H2,1H3,(H,15,16). The van der Waals surface area contributed by atoms with Crippen LogP contribution in [0.1, 0.15) is 24.6 Å². The number of aromatic nitrogens is 3. The molecule has 0 aromatic carbocycles. The number of anilines is 1. The van der Waals surface area contributed by atoms with Crippen molar-refractivity contribution in [2.45, 2.75) is 31.1 Å². The van der Waals surface area contributed by atoms with Gasteiger partial charge in [0, 0.05) is 32.3 Å². The van der Waals surface area contributed by atoms with E-state index in [0.717, 1.165) is 12.8 Å². The van der Waals surface area contributed by atoms with Gasteiger partial charge in [-0.2, -0.15) is 9.29 Å². The number of sulfonamides is 1. The minimum atomic E-state index is -3.41. The predicted molar refractivity (Wildman–Crippen MR) is 83.5 cm³/mol. The zero-order valence-electron chi connectivity index (χ0n) is 12.9. The second kappa shape index (κ2) is 6.63. The van der Waals surface area contributed by atoms with E-state index in [0.29, 0.717) is 43.6 Å². The highest BCUT2D eigenvalue weighted by Crippen LogP contribution is 2.20. The summed E-state index contributed by atoms with van der Waals surface area (Å²) in [5, 5.41) is 6.82. The molecular weight excluding hydrogens is 318 g/mol. The zero-order valence-corrected chi connectivity index (χ0v) is 13.7. The van der Waals surface area contributed by atoms with Gasteiger partial charge in [0.2, 0.25) is 15.9 Å². The second-order valence-electron chi connectivity index (χ2n) is 5.40. The largest absolute Gasteiger partial charge is 0.370 e. The molecule has 2 aromatic rings. The van der Waals surface area contributed by atoms with Crippen LogP contribution in [0, 0.1) is 6.92 Å². The quantitative estimate of drug-likeness (QED) is 0.845. The van der Waals surface area contributed by atoms with E-state index in [-0.39, 0.29) is 4.90 Å². The van der Waals surface area contributed by atoms with E-state index in [9.17, 15) is 8.42 Å². The number of hydrogen-bond acceptors (Lipinski definition) is 7. The van der Waals surface area contributed by atoms with Crippen molar-refractivity contribution in [3.63, 3.8) is 0 Å². The maximum Gasteiger partial charge on any atom is 0.244 e. The summed E-state index contributed by atoms with van der Waals surface area (Å²) in [5.41, 5.74) is 0. The molecule has 1 aliphatic heterocycles. The Hall–Kier alpha value is -2.00. The third kappa shape index (κ3) is 3.67. The van der Waals surface area contributed by atoms with E-state index >= 15 is 0 Å². The van der Waals surface area contributed by atoms with Crippen LogP contribution < -0.4 is 5.32 Å². The van der Waals surface area contributed by atoms with Crippen molar-refractivity contribution in [1.82, 2.24) is 19.4 Å². The van der Waals surface area contributed by atoms with Crippen LogP contribution in [0.15, 0.2) is 27.7 Å². The maximum atomic E-state index is 12.4. The first-order chi connectivity index (χ1) is 11.1. The molecule has 0 saturated carbocycles. The average Bonchev–Trinajstić information content (AvgIpc) is 3.20. The van der Waals surface area contributed by atoms with Crippen LogP contribution in [0.3, 0.4) is 0 Å². The van der Waals surface area contributed by atoms with Crippen LogP contribution in [0.2, 0.25) is 0 Å². The molecule has 1 N–H and O–H groups in total. The molecule has 0 aliphatic carbocycles. The SMILES string of the molecule is Cc1noc(CCNc2ccc(S(=O)(=O)N3CCCC3)cn2)n1. The van der Waals surface area contributed by atoms with Crippen molar-refractivity contribution in [2.24, 2.45) is 0 Å². The first-order valence-electron chi connectivity index (χ1n) is 7.55. The lowest BCUT2D eigenvalue weighted by Crippen LogP contribution is -2.27.